The minimum atomic E-state index is -2.23. The molecule has 0 fully saturated rings. The Bertz CT molecular complexity index is 924. The van der Waals surface area contributed by atoms with Gasteiger partial charge in [0.05, 0.1) is 0 Å². The predicted octanol–water partition coefficient (Wildman–Crippen LogP) is 3.89. The van der Waals surface area contributed by atoms with Crippen molar-refractivity contribution in [3.63, 3.8) is 0 Å². The number of hydrogen-bond donors (Lipinski definition) is 0. The Morgan fingerprint density at radius 3 is 1.38 bits per heavy atom. The van der Waals surface area contributed by atoms with Crippen LogP contribution in [0.5, 0.6) is 0 Å². The Labute approximate surface area is 159 Å². The Kier molecular flexibility index (Phi) is 4.58. The molecule has 1 aliphatic rings. The second-order valence-electron chi connectivity index (χ2n) is 6.02. The van der Waals surface area contributed by atoms with Gasteiger partial charge in [-0.15, -0.1) is 0 Å². The molecule has 0 aliphatic carbocycles. The number of thiocarbonyl (C=S) groups is 1. The molecule has 0 amide bonds. The fraction of sp³-hybridized carbons (Fsp3) is 0.0455. The number of benzene rings is 3. The minimum Gasteiger partial charge on any atom is -0.429 e. The van der Waals surface area contributed by atoms with Gasteiger partial charge in [0.1, 0.15) is 5.42 Å². The van der Waals surface area contributed by atoms with Crippen molar-refractivity contribution in [3.05, 3.63) is 91.0 Å². The predicted molar refractivity (Wildman–Crippen MR) is 117 cm³/mol. The van der Waals surface area contributed by atoms with Gasteiger partial charge < -0.3 is 4.74 Å². The molecular weight excluding hydrogens is 357 g/mol. The molecule has 0 radical (unpaired) electrons. The summed E-state index contributed by atoms with van der Waals surface area (Å²) in [6, 6.07) is 31.6. The van der Waals surface area contributed by atoms with Gasteiger partial charge in [-0.25, -0.2) is 4.99 Å². The summed E-state index contributed by atoms with van der Waals surface area (Å²) in [5, 5.41) is 4.14. The number of hydrogen-bond acceptors (Lipinski definition) is 2. The van der Waals surface area contributed by atoms with Gasteiger partial charge in [-0.3, -0.25) is 0 Å². The molecule has 4 heteroatoms. The number of rotatable bonds is 3. The van der Waals surface area contributed by atoms with E-state index in [1.807, 2.05) is 25.1 Å². The molecule has 0 atom stereocenters. The maximum absolute atomic E-state index is 5.72. The van der Waals surface area contributed by atoms with Crippen molar-refractivity contribution in [1.82, 2.24) is 0 Å². The lowest BCUT2D eigenvalue weighted by atomic mass is 10.4. The maximum Gasteiger partial charge on any atom is 0.219 e. The zero-order chi connectivity index (χ0) is 18.0. The van der Waals surface area contributed by atoms with Crippen LogP contribution in [-0.2, 0) is 4.74 Å². The lowest BCUT2D eigenvalue weighted by molar-refractivity contribution is 0.577. The molecule has 4 rings (SSSR count). The van der Waals surface area contributed by atoms with Crippen molar-refractivity contribution in [1.29, 1.82) is 0 Å². The van der Waals surface area contributed by atoms with Gasteiger partial charge in [0.25, 0.3) is 0 Å². The zero-order valence-corrected chi connectivity index (χ0v) is 16.1. The van der Waals surface area contributed by atoms with E-state index in [-0.39, 0.29) is 0 Å². The van der Waals surface area contributed by atoms with Crippen LogP contribution in [0.25, 0.3) is 0 Å². The smallest absolute Gasteiger partial charge is 0.219 e. The second kappa shape index (κ2) is 7.03. The first-order valence-corrected chi connectivity index (χ1v) is 10.6. The van der Waals surface area contributed by atoms with Gasteiger partial charge in [0.15, 0.2) is 5.90 Å². The SMILES string of the molecule is CC1=NC(=P(c2ccccc2)(c2ccccc2)c2ccccc2)C(=S)O1. The molecule has 3 aromatic rings. The first-order valence-electron chi connectivity index (χ1n) is 8.44. The molecule has 0 bridgehead atoms. The van der Waals surface area contributed by atoms with Crippen molar-refractivity contribution >= 4 is 51.4 Å². The Morgan fingerprint density at radius 1 is 0.692 bits per heavy atom. The summed E-state index contributed by atoms with van der Waals surface area (Å²) >= 11 is 5.62. The van der Waals surface area contributed by atoms with Gasteiger partial charge in [-0.05, 0) is 28.1 Å². The van der Waals surface area contributed by atoms with E-state index >= 15 is 0 Å². The van der Waals surface area contributed by atoms with E-state index in [2.05, 4.69) is 72.8 Å². The zero-order valence-electron chi connectivity index (χ0n) is 14.4. The Hall–Kier alpha value is -2.48. The van der Waals surface area contributed by atoms with Crippen molar-refractivity contribution in [2.75, 3.05) is 0 Å². The molecule has 128 valence electrons. The van der Waals surface area contributed by atoms with Crippen LogP contribution in [0.1, 0.15) is 6.92 Å². The van der Waals surface area contributed by atoms with Crippen molar-refractivity contribution in [2.24, 2.45) is 4.99 Å². The average molecular weight is 375 g/mol. The highest BCUT2D eigenvalue weighted by Crippen LogP contribution is 2.47. The highest BCUT2D eigenvalue weighted by Gasteiger charge is 2.35. The van der Waals surface area contributed by atoms with Gasteiger partial charge in [0, 0.05) is 13.8 Å². The van der Waals surface area contributed by atoms with Crippen LogP contribution in [0.2, 0.25) is 0 Å². The summed E-state index contributed by atoms with van der Waals surface area (Å²) in [5.41, 5.74) is 0.869. The third kappa shape index (κ3) is 2.74. The number of aliphatic imine (C=N–C) groups is 1. The summed E-state index contributed by atoms with van der Waals surface area (Å²) in [6.07, 6.45) is 0. The average Bonchev–Trinajstić information content (AvgIpc) is 3.03. The molecule has 26 heavy (non-hydrogen) atoms. The number of nitrogens with zero attached hydrogens (tertiary/aromatic N) is 1. The monoisotopic (exact) mass is 375 g/mol. The highest BCUT2D eigenvalue weighted by molar-refractivity contribution is 7.98. The highest BCUT2D eigenvalue weighted by atomic mass is 32.1. The fourth-order valence-electron chi connectivity index (χ4n) is 3.38. The van der Waals surface area contributed by atoms with E-state index in [0.29, 0.717) is 10.9 Å². The van der Waals surface area contributed by atoms with Crippen molar-refractivity contribution in [2.45, 2.75) is 6.92 Å². The molecule has 0 unspecified atom stereocenters. The van der Waals surface area contributed by atoms with Crippen LogP contribution in [0, 0.1) is 0 Å². The Morgan fingerprint density at radius 2 is 1.08 bits per heavy atom. The van der Waals surface area contributed by atoms with Gasteiger partial charge in [-0.1, -0.05) is 91.0 Å². The van der Waals surface area contributed by atoms with E-state index in [9.17, 15) is 0 Å². The van der Waals surface area contributed by atoms with Gasteiger partial charge in [0.2, 0.25) is 5.05 Å². The third-order valence-electron chi connectivity index (χ3n) is 4.43. The van der Waals surface area contributed by atoms with E-state index < -0.39 is 6.89 Å². The normalized spacial score (nSPS) is 14.1. The minimum absolute atomic E-state index is 0.479. The number of ether oxygens (including phenoxy) is 1. The molecule has 3 aromatic carbocycles. The van der Waals surface area contributed by atoms with E-state index in [0.717, 1.165) is 5.42 Å². The van der Waals surface area contributed by atoms with Gasteiger partial charge >= 0.3 is 0 Å². The van der Waals surface area contributed by atoms with E-state index in [1.54, 1.807) is 0 Å². The second-order valence-corrected chi connectivity index (χ2v) is 9.71. The third-order valence-corrected chi connectivity index (χ3v) is 9.02. The molecule has 0 aromatic heterocycles. The van der Waals surface area contributed by atoms with E-state index in [1.165, 1.54) is 15.9 Å². The van der Waals surface area contributed by atoms with E-state index in [4.69, 9.17) is 21.9 Å². The molecule has 1 aliphatic heterocycles. The summed E-state index contributed by atoms with van der Waals surface area (Å²) in [7, 11) is 0. The summed E-state index contributed by atoms with van der Waals surface area (Å²) in [6.45, 7) is -0.375. The van der Waals surface area contributed by atoms with Crippen LogP contribution in [0.4, 0.5) is 0 Å². The van der Waals surface area contributed by atoms with Crippen LogP contribution >= 0.6 is 19.1 Å². The van der Waals surface area contributed by atoms with Crippen LogP contribution in [-0.4, -0.2) is 16.4 Å². The quantitative estimate of drug-likeness (QED) is 0.512. The maximum atomic E-state index is 5.72. The first-order chi connectivity index (χ1) is 12.7. The Balaban J connectivity index is 2.24. The molecule has 0 spiro atoms. The van der Waals surface area contributed by atoms with Crippen LogP contribution < -0.4 is 15.9 Å². The van der Waals surface area contributed by atoms with Crippen LogP contribution in [0.3, 0.4) is 0 Å². The van der Waals surface area contributed by atoms with Crippen LogP contribution in [0.15, 0.2) is 96.0 Å². The topological polar surface area (TPSA) is 21.6 Å². The largest absolute Gasteiger partial charge is 0.429 e. The molecule has 0 saturated heterocycles. The van der Waals surface area contributed by atoms with Crippen molar-refractivity contribution in [3.8, 4) is 0 Å². The lowest BCUT2D eigenvalue weighted by Gasteiger charge is -2.29. The summed E-state index contributed by atoms with van der Waals surface area (Å²) in [5.74, 6) is 0.608. The lowest BCUT2D eigenvalue weighted by Crippen LogP contribution is -2.31. The molecule has 0 saturated carbocycles. The standard InChI is InChI=1S/C22H18NOPS/c1-17-23-21(22(26)24-17)25(18-11-5-2-6-12-18,19-13-7-3-8-14-19)20-15-9-4-10-16-20/h2-16H,1H3. The van der Waals surface area contributed by atoms with Gasteiger partial charge in [-0.2, -0.15) is 0 Å². The summed E-state index contributed by atoms with van der Waals surface area (Å²) in [4.78, 5) is 4.79. The summed E-state index contributed by atoms with van der Waals surface area (Å²) < 4.78 is 5.72. The molecule has 1 heterocycles. The van der Waals surface area contributed by atoms with Crippen molar-refractivity contribution < 1.29 is 4.74 Å². The fourth-order valence-corrected chi connectivity index (χ4v) is 8.05. The molecule has 0 N–H and O–H groups in total. The molecule has 2 nitrogen and oxygen atoms in total. The first kappa shape index (κ1) is 17.0. The molecular formula is C22H18NOPS.